The molecule has 1 atom stereocenters. The summed E-state index contributed by atoms with van der Waals surface area (Å²) in [4.78, 5) is 24.8. The molecular formula is C22H26ClN3O6. The monoisotopic (exact) mass is 463 g/mol. The summed E-state index contributed by atoms with van der Waals surface area (Å²) in [6.07, 6.45) is 0. The molecule has 32 heavy (non-hydrogen) atoms. The van der Waals surface area contributed by atoms with E-state index in [0.717, 1.165) is 0 Å². The first kappa shape index (κ1) is 24.9. The van der Waals surface area contributed by atoms with E-state index in [-0.39, 0.29) is 5.02 Å². The van der Waals surface area contributed by atoms with Crippen LogP contribution in [0.4, 0.5) is 11.4 Å². The molecule has 2 rings (SSSR count). The van der Waals surface area contributed by atoms with Crippen LogP contribution in [0.25, 0.3) is 0 Å². The first-order chi connectivity index (χ1) is 15.3. The Hall–Kier alpha value is -3.33. The van der Waals surface area contributed by atoms with Crippen LogP contribution in [0.3, 0.4) is 0 Å². The zero-order chi connectivity index (χ0) is 23.7. The average Bonchev–Trinajstić information content (AvgIpc) is 2.76. The van der Waals surface area contributed by atoms with Gasteiger partial charge < -0.3 is 24.3 Å². The van der Waals surface area contributed by atoms with Crippen molar-refractivity contribution >= 4 is 34.7 Å². The molecule has 0 radical (unpaired) electrons. The van der Waals surface area contributed by atoms with Crippen molar-refractivity contribution in [2.45, 2.75) is 26.8 Å². The van der Waals surface area contributed by atoms with Crippen LogP contribution in [0.1, 0.15) is 20.8 Å². The van der Waals surface area contributed by atoms with E-state index in [9.17, 15) is 9.59 Å². The highest BCUT2D eigenvalue weighted by molar-refractivity contribution is 6.33. The van der Waals surface area contributed by atoms with Gasteiger partial charge in [0, 0.05) is 23.9 Å². The zero-order valence-corrected chi connectivity index (χ0v) is 19.4. The summed E-state index contributed by atoms with van der Waals surface area (Å²) >= 11 is 6.14. The number of nitrogens with one attached hydrogen (secondary N) is 1. The van der Waals surface area contributed by atoms with Crippen molar-refractivity contribution < 1.29 is 28.5 Å². The molecule has 1 amide bonds. The van der Waals surface area contributed by atoms with E-state index >= 15 is 0 Å². The van der Waals surface area contributed by atoms with E-state index < -0.39 is 17.7 Å². The van der Waals surface area contributed by atoms with Gasteiger partial charge >= 0.3 is 0 Å². The van der Waals surface area contributed by atoms with Crippen LogP contribution in [-0.4, -0.2) is 45.2 Å². The zero-order valence-electron chi connectivity index (χ0n) is 18.6. The third-order valence-electron chi connectivity index (χ3n) is 4.16. The molecule has 2 aromatic carbocycles. The van der Waals surface area contributed by atoms with Crippen LogP contribution in [0.5, 0.6) is 23.0 Å². The largest absolute Gasteiger partial charge is 0.495 e. The topological polar surface area (TPSA) is 108 Å². The number of ketones is 1. The summed E-state index contributed by atoms with van der Waals surface area (Å²) in [5.74, 6) is 0.536. The van der Waals surface area contributed by atoms with Crippen LogP contribution in [0, 0.1) is 0 Å². The molecule has 0 aromatic heterocycles. The second kappa shape index (κ2) is 11.9. The molecule has 0 aliphatic rings. The van der Waals surface area contributed by atoms with Gasteiger partial charge in [0.1, 0.15) is 16.5 Å². The fraction of sp³-hybridized carbons (Fsp3) is 0.364. The molecule has 2 aromatic rings. The lowest BCUT2D eigenvalue weighted by Crippen LogP contribution is -2.31. The van der Waals surface area contributed by atoms with Gasteiger partial charge in [0.2, 0.25) is 6.04 Å². The Labute approximate surface area is 191 Å². The number of hydrogen-bond donors (Lipinski definition) is 1. The van der Waals surface area contributed by atoms with Gasteiger partial charge in [0.15, 0.2) is 17.3 Å². The number of amides is 1. The van der Waals surface area contributed by atoms with Crippen LogP contribution in [0.15, 0.2) is 40.6 Å². The fourth-order valence-corrected chi connectivity index (χ4v) is 2.96. The van der Waals surface area contributed by atoms with Gasteiger partial charge in [-0.05, 0) is 32.9 Å². The smallest absolute Gasteiger partial charge is 0.258 e. The molecule has 0 aliphatic carbocycles. The SMILES string of the molecule is CCOc1ccc(N=NC(C(C)=O)C(=O)Nc2cc(OC)c(Cl)c(OC)c2)cc1OCC. The summed E-state index contributed by atoms with van der Waals surface area (Å²) in [6, 6.07) is 6.64. The highest BCUT2D eigenvalue weighted by atomic mass is 35.5. The third kappa shape index (κ3) is 6.34. The summed E-state index contributed by atoms with van der Waals surface area (Å²) in [5, 5.41) is 10.9. The summed E-state index contributed by atoms with van der Waals surface area (Å²) < 4.78 is 21.4. The van der Waals surface area contributed by atoms with Crippen molar-refractivity contribution in [3.63, 3.8) is 0 Å². The van der Waals surface area contributed by atoms with Crippen molar-refractivity contribution in [1.82, 2.24) is 0 Å². The molecule has 1 unspecified atom stereocenters. The number of azo groups is 1. The summed E-state index contributed by atoms with van der Waals surface area (Å²) in [6.45, 7) is 5.89. The predicted octanol–water partition coefficient (Wildman–Crippen LogP) is 4.83. The number of hydrogen-bond acceptors (Lipinski definition) is 8. The number of rotatable bonds is 11. The molecule has 172 valence electrons. The van der Waals surface area contributed by atoms with E-state index in [4.69, 9.17) is 30.5 Å². The van der Waals surface area contributed by atoms with E-state index in [1.807, 2.05) is 13.8 Å². The lowest BCUT2D eigenvalue weighted by atomic mass is 10.2. The molecule has 9 nitrogen and oxygen atoms in total. The molecule has 0 saturated carbocycles. The highest BCUT2D eigenvalue weighted by Crippen LogP contribution is 2.37. The average molecular weight is 464 g/mol. The molecule has 10 heteroatoms. The first-order valence-electron chi connectivity index (χ1n) is 9.87. The van der Waals surface area contributed by atoms with Crippen LogP contribution >= 0.6 is 11.6 Å². The molecule has 0 bridgehead atoms. The van der Waals surface area contributed by atoms with Crippen LogP contribution in [-0.2, 0) is 9.59 Å². The quantitative estimate of drug-likeness (QED) is 0.377. The number of anilines is 1. The van der Waals surface area contributed by atoms with Crippen molar-refractivity contribution in [3.8, 4) is 23.0 Å². The van der Waals surface area contributed by atoms with Crippen molar-refractivity contribution in [1.29, 1.82) is 0 Å². The second-order valence-corrected chi connectivity index (χ2v) is 6.79. The standard InChI is InChI=1S/C22H26ClN3O6/c1-6-31-16-9-8-14(10-17(16)32-7-2)25-26-21(13(3)27)22(28)24-15-11-18(29-4)20(23)19(12-15)30-5/h8-12,21H,6-7H2,1-5H3,(H,24,28). The number of benzene rings is 2. The Bertz CT molecular complexity index is 971. The fourth-order valence-electron chi connectivity index (χ4n) is 2.70. The van der Waals surface area contributed by atoms with Crippen LogP contribution in [0.2, 0.25) is 5.02 Å². The van der Waals surface area contributed by atoms with Crippen LogP contribution < -0.4 is 24.3 Å². The maximum atomic E-state index is 12.7. The molecule has 0 aliphatic heterocycles. The van der Waals surface area contributed by atoms with Gasteiger partial charge in [0.25, 0.3) is 5.91 Å². The molecular weight excluding hydrogens is 438 g/mol. The minimum absolute atomic E-state index is 0.261. The minimum Gasteiger partial charge on any atom is -0.495 e. The third-order valence-corrected chi connectivity index (χ3v) is 4.53. The summed E-state index contributed by atoms with van der Waals surface area (Å²) in [7, 11) is 2.87. The normalized spacial score (nSPS) is 11.7. The van der Waals surface area contributed by atoms with E-state index in [1.54, 1.807) is 18.2 Å². The number of methoxy groups -OCH3 is 2. The summed E-state index contributed by atoms with van der Waals surface area (Å²) in [5.41, 5.74) is 0.736. The Morgan fingerprint density at radius 1 is 0.969 bits per heavy atom. The van der Waals surface area contributed by atoms with Crippen molar-refractivity contribution in [2.24, 2.45) is 10.2 Å². The van der Waals surface area contributed by atoms with E-state index in [1.165, 1.54) is 33.3 Å². The predicted molar refractivity (Wildman–Crippen MR) is 121 cm³/mol. The van der Waals surface area contributed by atoms with Gasteiger partial charge in [-0.1, -0.05) is 11.6 Å². The van der Waals surface area contributed by atoms with Gasteiger partial charge in [-0.2, -0.15) is 10.2 Å². The Morgan fingerprint density at radius 2 is 1.56 bits per heavy atom. The Morgan fingerprint density at radius 3 is 2.09 bits per heavy atom. The number of carbonyl (C=O) groups excluding carboxylic acids is 2. The van der Waals surface area contributed by atoms with Gasteiger partial charge in [-0.3, -0.25) is 9.59 Å². The lowest BCUT2D eigenvalue weighted by Gasteiger charge is -2.14. The van der Waals surface area contributed by atoms with Gasteiger partial charge in [0.05, 0.1) is 33.1 Å². The number of Topliss-reactive ketones (excluding diaryl/α,β-unsaturated/α-hetero) is 1. The van der Waals surface area contributed by atoms with Crippen molar-refractivity contribution in [2.75, 3.05) is 32.8 Å². The maximum absolute atomic E-state index is 12.7. The molecule has 0 heterocycles. The number of carbonyl (C=O) groups is 2. The Kier molecular flexibility index (Phi) is 9.27. The molecule has 0 spiro atoms. The number of halogens is 1. The highest BCUT2D eigenvalue weighted by Gasteiger charge is 2.24. The van der Waals surface area contributed by atoms with Gasteiger partial charge in [-0.25, -0.2) is 0 Å². The maximum Gasteiger partial charge on any atom is 0.258 e. The molecule has 0 saturated heterocycles. The lowest BCUT2D eigenvalue weighted by molar-refractivity contribution is -0.126. The minimum atomic E-state index is -1.36. The second-order valence-electron chi connectivity index (χ2n) is 6.41. The van der Waals surface area contributed by atoms with E-state index in [0.29, 0.717) is 47.6 Å². The number of ether oxygens (including phenoxy) is 4. The van der Waals surface area contributed by atoms with E-state index in [2.05, 4.69) is 15.5 Å². The van der Waals surface area contributed by atoms with Gasteiger partial charge in [-0.15, -0.1) is 0 Å². The Balaban J connectivity index is 2.25. The first-order valence-corrected chi connectivity index (χ1v) is 10.3. The van der Waals surface area contributed by atoms with Crippen molar-refractivity contribution in [3.05, 3.63) is 35.4 Å². The number of nitrogens with zero attached hydrogens (tertiary/aromatic N) is 2. The molecule has 1 N–H and O–H groups in total. The molecule has 0 fully saturated rings.